The van der Waals surface area contributed by atoms with Crippen molar-refractivity contribution in [3.8, 4) is 11.8 Å². The second-order valence-electron chi connectivity index (χ2n) is 5.79. The highest BCUT2D eigenvalue weighted by Gasteiger charge is 2.34. The van der Waals surface area contributed by atoms with Gasteiger partial charge in [-0.3, -0.25) is 0 Å². The lowest BCUT2D eigenvalue weighted by molar-refractivity contribution is 0.197. The molecule has 0 radical (unpaired) electrons. The average molecular weight is 347 g/mol. The number of hydrogen-bond donors (Lipinski definition) is 0. The van der Waals surface area contributed by atoms with Gasteiger partial charge < -0.3 is 9.47 Å². The number of fused-ring (bicyclic) bond motifs is 1. The van der Waals surface area contributed by atoms with Gasteiger partial charge in [0, 0.05) is 25.4 Å². The van der Waals surface area contributed by atoms with Crippen molar-refractivity contribution in [2.45, 2.75) is 23.8 Å². The van der Waals surface area contributed by atoms with Crippen molar-refractivity contribution in [3.05, 3.63) is 42.2 Å². The van der Waals surface area contributed by atoms with Gasteiger partial charge in [-0.05, 0) is 36.2 Å². The molecule has 4 rings (SSSR count). The van der Waals surface area contributed by atoms with Crippen molar-refractivity contribution in [3.63, 3.8) is 0 Å². The smallest absolute Gasteiger partial charge is 0.316 e. The van der Waals surface area contributed by atoms with Crippen molar-refractivity contribution in [2.75, 3.05) is 19.7 Å². The number of benzene rings is 1. The molecule has 126 valence electrons. The highest BCUT2D eigenvalue weighted by Crippen LogP contribution is 2.30. The van der Waals surface area contributed by atoms with Gasteiger partial charge in [-0.1, -0.05) is 0 Å². The SMILES string of the molecule is O=S(=O)(c1ccc2c(c1)CCO2)N1CC[C@H](Oc2ncccn2)C1. The summed E-state index contributed by atoms with van der Waals surface area (Å²) in [5, 5.41) is 0. The molecule has 24 heavy (non-hydrogen) atoms. The topological polar surface area (TPSA) is 81.6 Å². The van der Waals surface area contributed by atoms with Crippen LogP contribution in [0.3, 0.4) is 0 Å². The lowest BCUT2D eigenvalue weighted by Gasteiger charge is -2.17. The van der Waals surface area contributed by atoms with E-state index in [1.807, 2.05) is 0 Å². The van der Waals surface area contributed by atoms with Crippen molar-refractivity contribution >= 4 is 10.0 Å². The molecule has 7 nitrogen and oxygen atoms in total. The third-order valence-corrected chi connectivity index (χ3v) is 6.08. The molecule has 1 aromatic heterocycles. The van der Waals surface area contributed by atoms with Crippen LogP contribution in [0.25, 0.3) is 0 Å². The van der Waals surface area contributed by atoms with Gasteiger partial charge >= 0.3 is 6.01 Å². The van der Waals surface area contributed by atoms with E-state index in [4.69, 9.17) is 9.47 Å². The third-order valence-electron chi connectivity index (χ3n) is 4.22. The molecule has 0 aliphatic carbocycles. The number of nitrogens with zero attached hydrogens (tertiary/aromatic N) is 3. The second kappa shape index (κ2) is 6.03. The third kappa shape index (κ3) is 2.83. The fourth-order valence-electron chi connectivity index (χ4n) is 2.98. The van der Waals surface area contributed by atoms with Crippen LogP contribution in [0.15, 0.2) is 41.6 Å². The molecule has 1 aromatic carbocycles. The molecular weight excluding hydrogens is 330 g/mol. The van der Waals surface area contributed by atoms with E-state index >= 15 is 0 Å². The molecule has 0 amide bonds. The normalized spacial score (nSPS) is 20.6. The Bertz CT molecular complexity index is 842. The fraction of sp³-hybridized carbons (Fsp3) is 0.375. The first-order chi connectivity index (χ1) is 11.6. The highest BCUT2D eigenvalue weighted by atomic mass is 32.2. The number of aromatic nitrogens is 2. The van der Waals surface area contributed by atoms with E-state index in [1.54, 1.807) is 36.7 Å². The maximum atomic E-state index is 12.8. The molecule has 1 atom stereocenters. The zero-order chi connectivity index (χ0) is 16.6. The molecule has 1 saturated heterocycles. The fourth-order valence-corrected chi connectivity index (χ4v) is 4.52. The van der Waals surface area contributed by atoms with Crippen LogP contribution in [-0.4, -0.2) is 48.5 Å². The summed E-state index contributed by atoms with van der Waals surface area (Å²) < 4.78 is 38.2. The quantitative estimate of drug-likeness (QED) is 0.828. The summed E-state index contributed by atoms with van der Waals surface area (Å²) in [5.41, 5.74) is 0.945. The Morgan fingerprint density at radius 3 is 2.92 bits per heavy atom. The molecular formula is C16H17N3O4S. The van der Waals surface area contributed by atoms with E-state index < -0.39 is 10.0 Å². The van der Waals surface area contributed by atoms with Crippen LogP contribution in [0.5, 0.6) is 11.8 Å². The molecule has 0 saturated carbocycles. The molecule has 1 fully saturated rings. The van der Waals surface area contributed by atoms with Crippen LogP contribution < -0.4 is 9.47 Å². The van der Waals surface area contributed by atoms with Crippen molar-refractivity contribution in [1.29, 1.82) is 0 Å². The highest BCUT2D eigenvalue weighted by molar-refractivity contribution is 7.89. The number of sulfonamides is 1. The maximum Gasteiger partial charge on any atom is 0.316 e. The predicted octanol–water partition coefficient (Wildman–Crippen LogP) is 1.25. The molecule has 0 N–H and O–H groups in total. The van der Waals surface area contributed by atoms with Crippen LogP contribution in [-0.2, 0) is 16.4 Å². The minimum absolute atomic E-state index is 0.236. The summed E-state index contributed by atoms with van der Waals surface area (Å²) in [6, 6.07) is 7.03. The first kappa shape index (κ1) is 15.3. The second-order valence-corrected chi connectivity index (χ2v) is 7.73. The van der Waals surface area contributed by atoms with Gasteiger partial charge in [-0.25, -0.2) is 18.4 Å². The Balaban J connectivity index is 1.49. The van der Waals surface area contributed by atoms with E-state index in [1.165, 1.54) is 4.31 Å². The monoisotopic (exact) mass is 347 g/mol. The molecule has 2 aromatic rings. The van der Waals surface area contributed by atoms with Gasteiger partial charge in [0.1, 0.15) is 11.9 Å². The molecule has 3 heterocycles. The average Bonchev–Trinajstić information content (AvgIpc) is 3.24. The largest absolute Gasteiger partial charge is 0.493 e. The van der Waals surface area contributed by atoms with Crippen molar-refractivity contribution < 1.29 is 17.9 Å². The zero-order valence-corrected chi connectivity index (χ0v) is 13.8. The van der Waals surface area contributed by atoms with E-state index in [-0.39, 0.29) is 12.1 Å². The van der Waals surface area contributed by atoms with E-state index in [9.17, 15) is 8.42 Å². The van der Waals surface area contributed by atoms with Gasteiger partial charge in [0.25, 0.3) is 0 Å². The number of ether oxygens (including phenoxy) is 2. The van der Waals surface area contributed by atoms with E-state index in [0.29, 0.717) is 31.0 Å². The minimum Gasteiger partial charge on any atom is -0.493 e. The number of rotatable bonds is 4. The first-order valence-corrected chi connectivity index (χ1v) is 9.26. The summed E-state index contributed by atoms with van der Waals surface area (Å²) >= 11 is 0. The molecule has 2 aliphatic rings. The lowest BCUT2D eigenvalue weighted by atomic mass is 10.2. The molecule has 0 bridgehead atoms. The minimum atomic E-state index is -3.53. The zero-order valence-electron chi connectivity index (χ0n) is 13.0. The first-order valence-electron chi connectivity index (χ1n) is 7.82. The summed E-state index contributed by atoms with van der Waals surface area (Å²) in [4.78, 5) is 8.33. The predicted molar refractivity (Wildman–Crippen MR) is 85.5 cm³/mol. The molecule has 0 unspecified atom stereocenters. The van der Waals surface area contributed by atoms with Crippen LogP contribution >= 0.6 is 0 Å². The Morgan fingerprint density at radius 2 is 2.08 bits per heavy atom. The summed E-state index contributed by atoms with van der Waals surface area (Å²) in [6.45, 7) is 1.33. The molecule has 2 aliphatic heterocycles. The standard InChI is InChI=1S/C16H17N3O4S/c20-24(21,14-2-3-15-12(10-14)5-9-22-15)19-8-4-13(11-19)23-16-17-6-1-7-18-16/h1-3,6-7,10,13H,4-5,8-9,11H2/t13-/m0/s1. The maximum absolute atomic E-state index is 12.8. The van der Waals surface area contributed by atoms with E-state index in [2.05, 4.69) is 9.97 Å². The van der Waals surface area contributed by atoms with Gasteiger partial charge in [-0.2, -0.15) is 4.31 Å². The Hall–Kier alpha value is -2.19. The van der Waals surface area contributed by atoms with Crippen LogP contribution in [0.2, 0.25) is 0 Å². The summed E-state index contributed by atoms with van der Waals surface area (Å²) in [5.74, 6) is 0.776. The van der Waals surface area contributed by atoms with Crippen molar-refractivity contribution in [2.24, 2.45) is 0 Å². The lowest BCUT2D eigenvalue weighted by Crippen LogP contribution is -2.31. The van der Waals surface area contributed by atoms with Gasteiger partial charge in [0.2, 0.25) is 10.0 Å². The van der Waals surface area contributed by atoms with Crippen LogP contribution in [0.1, 0.15) is 12.0 Å². The van der Waals surface area contributed by atoms with Crippen LogP contribution in [0.4, 0.5) is 0 Å². The Kier molecular flexibility index (Phi) is 3.85. The summed E-state index contributed by atoms with van der Waals surface area (Å²) in [6.07, 6.45) is 4.32. The molecule has 0 spiro atoms. The Labute approximate surface area is 140 Å². The van der Waals surface area contributed by atoms with E-state index in [0.717, 1.165) is 17.7 Å². The Morgan fingerprint density at radius 1 is 1.25 bits per heavy atom. The van der Waals surface area contributed by atoms with Gasteiger partial charge in [-0.15, -0.1) is 0 Å². The molecule has 8 heteroatoms. The van der Waals surface area contributed by atoms with Crippen molar-refractivity contribution in [1.82, 2.24) is 14.3 Å². The van der Waals surface area contributed by atoms with Gasteiger partial charge in [0.05, 0.1) is 18.0 Å². The summed E-state index contributed by atoms with van der Waals surface area (Å²) in [7, 11) is -3.53. The number of hydrogen-bond acceptors (Lipinski definition) is 6. The van der Waals surface area contributed by atoms with Crippen LogP contribution in [0, 0.1) is 0 Å². The van der Waals surface area contributed by atoms with Gasteiger partial charge in [0.15, 0.2) is 0 Å².